The molecule has 1 aromatic rings. The summed E-state index contributed by atoms with van der Waals surface area (Å²) in [6.45, 7) is 17.2. The molecule has 0 saturated carbocycles. The Hall–Kier alpha value is -3.14. The number of anilines is 1. The summed E-state index contributed by atoms with van der Waals surface area (Å²) in [5, 5.41) is 0. The normalized spacial score (nSPS) is 17.5. The smallest absolute Gasteiger partial charge is 0.154 e. The maximum Gasteiger partial charge on any atom is 0.154 e. The van der Waals surface area contributed by atoms with Gasteiger partial charge in [-0.15, -0.1) is 0 Å². The molecule has 1 aliphatic heterocycles. The molecule has 0 radical (unpaired) electrons. The number of nitrogens with zero attached hydrogens (tertiary/aromatic N) is 3. The number of rotatable bonds is 12. The quantitative estimate of drug-likeness (QED) is 0.241. The molecule has 0 aromatic carbocycles. The summed E-state index contributed by atoms with van der Waals surface area (Å²) in [6, 6.07) is 2.15. The molecule has 4 nitrogen and oxygen atoms in total. The van der Waals surface area contributed by atoms with Gasteiger partial charge in [0.1, 0.15) is 0 Å². The van der Waals surface area contributed by atoms with Crippen molar-refractivity contribution >= 4 is 23.8 Å². The lowest BCUT2D eigenvalue weighted by molar-refractivity contribution is 0.516. The van der Waals surface area contributed by atoms with Crippen LogP contribution in [0.4, 0.5) is 11.5 Å². The van der Waals surface area contributed by atoms with E-state index in [0.717, 1.165) is 55.4 Å². The van der Waals surface area contributed by atoms with E-state index in [0.29, 0.717) is 5.70 Å². The van der Waals surface area contributed by atoms with Gasteiger partial charge in [-0.3, -0.25) is 0 Å². The van der Waals surface area contributed by atoms with Gasteiger partial charge in [0.25, 0.3) is 0 Å². The van der Waals surface area contributed by atoms with Crippen molar-refractivity contribution in [2.24, 2.45) is 16.6 Å². The third kappa shape index (κ3) is 7.43. The molecule has 192 valence electrons. The van der Waals surface area contributed by atoms with Gasteiger partial charge in [0.2, 0.25) is 0 Å². The van der Waals surface area contributed by atoms with Crippen LogP contribution in [-0.4, -0.2) is 24.3 Å². The molecule has 2 heterocycles. The minimum atomic E-state index is 0.631. The number of fused-ring (bicyclic) bond motifs is 1. The largest absolute Gasteiger partial charge is 0.398 e. The molecular weight excluding hydrogens is 440 g/mol. The summed E-state index contributed by atoms with van der Waals surface area (Å²) in [5.74, 6) is 1.45. The minimum Gasteiger partial charge on any atom is -0.398 e. The first kappa shape index (κ1) is 27.4. The second-order valence-electron chi connectivity index (χ2n) is 9.98. The molecule has 3 rings (SSSR count). The van der Waals surface area contributed by atoms with Crippen molar-refractivity contribution < 1.29 is 0 Å². The lowest BCUT2D eigenvalue weighted by Crippen LogP contribution is -2.30. The molecule has 2 aliphatic rings. The van der Waals surface area contributed by atoms with E-state index >= 15 is 0 Å². The van der Waals surface area contributed by atoms with Gasteiger partial charge < -0.3 is 10.6 Å². The topological polar surface area (TPSA) is 54.5 Å². The van der Waals surface area contributed by atoms with Crippen LogP contribution in [0.3, 0.4) is 0 Å². The summed E-state index contributed by atoms with van der Waals surface area (Å²) in [6.07, 6.45) is 22.8. The summed E-state index contributed by atoms with van der Waals surface area (Å²) in [5.41, 5.74) is 14.0. The molecule has 1 aromatic heterocycles. The van der Waals surface area contributed by atoms with Crippen molar-refractivity contribution in [2.75, 3.05) is 18.0 Å². The summed E-state index contributed by atoms with van der Waals surface area (Å²) in [7, 11) is 0. The van der Waals surface area contributed by atoms with E-state index in [4.69, 9.17) is 10.7 Å². The molecule has 36 heavy (non-hydrogen) atoms. The number of aromatic nitrogens is 1. The molecule has 1 atom stereocenters. The third-order valence-corrected chi connectivity index (χ3v) is 7.25. The van der Waals surface area contributed by atoms with Crippen LogP contribution in [0.15, 0.2) is 77.0 Å². The monoisotopic (exact) mass is 484 g/mol. The lowest BCUT2D eigenvalue weighted by Gasteiger charge is -2.30. The molecule has 4 heteroatoms. The Morgan fingerprint density at radius 2 is 2.00 bits per heavy atom. The zero-order valence-electron chi connectivity index (χ0n) is 22.6. The first-order valence-electron chi connectivity index (χ1n) is 13.6. The van der Waals surface area contributed by atoms with Crippen LogP contribution in [0.25, 0.3) is 6.08 Å². The fourth-order valence-corrected chi connectivity index (χ4v) is 4.65. The number of allylic oxidation sites excluding steroid dienone is 7. The van der Waals surface area contributed by atoms with Gasteiger partial charge in [0, 0.05) is 48.7 Å². The molecule has 1 aliphatic carbocycles. The SMILES string of the molecule is C=CC(=C\C=C/CC)/C(N)=C/C=Nc1cc(N2CCCCC2)c2c(n1)C=C(C(=C)CCC(C)CC)C2. The molecule has 1 unspecified atom stereocenters. The van der Waals surface area contributed by atoms with Crippen molar-refractivity contribution in [2.45, 2.75) is 72.1 Å². The van der Waals surface area contributed by atoms with Crippen molar-refractivity contribution in [3.05, 3.63) is 83.3 Å². The lowest BCUT2D eigenvalue weighted by atomic mass is 9.95. The van der Waals surface area contributed by atoms with E-state index < -0.39 is 0 Å². The Morgan fingerprint density at radius 1 is 1.22 bits per heavy atom. The van der Waals surface area contributed by atoms with Gasteiger partial charge in [-0.1, -0.05) is 70.2 Å². The van der Waals surface area contributed by atoms with Crippen molar-refractivity contribution in [3.8, 4) is 0 Å². The minimum absolute atomic E-state index is 0.631. The van der Waals surface area contributed by atoms with E-state index in [2.05, 4.69) is 62.0 Å². The number of hydrogen-bond acceptors (Lipinski definition) is 4. The van der Waals surface area contributed by atoms with Crippen LogP contribution < -0.4 is 10.6 Å². The fraction of sp³-hybridized carbons (Fsp3) is 0.438. The highest BCUT2D eigenvalue weighted by atomic mass is 15.1. The first-order chi connectivity index (χ1) is 17.5. The Morgan fingerprint density at radius 3 is 2.69 bits per heavy atom. The number of piperidine rings is 1. The molecule has 1 fully saturated rings. The van der Waals surface area contributed by atoms with Crippen LogP contribution in [0.1, 0.15) is 77.0 Å². The number of aliphatic imine (C=N–C) groups is 1. The second kappa shape index (κ2) is 13.8. The van der Waals surface area contributed by atoms with Crippen molar-refractivity contribution in [3.63, 3.8) is 0 Å². The standard InChI is InChI=1S/C32H44N4/c1-6-9-11-14-26(8-3)29(33)17-18-34-32-23-31(36-19-12-10-13-20-36)28-21-27(22-30(28)35-32)25(5)16-15-24(4)7-2/h8-9,11,14,17-18,22-24H,3,5-7,10,12-13,15-16,19-21,33H2,1-2,4H3/b11-9-,26-14+,29-17-,34-18?. The highest BCUT2D eigenvalue weighted by molar-refractivity contribution is 5.79. The zero-order chi connectivity index (χ0) is 25.9. The van der Waals surface area contributed by atoms with Crippen LogP contribution in [0.5, 0.6) is 0 Å². The van der Waals surface area contributed by atoms with Gasteiger partial charge in [-0.25, -0.2) is 9.98 Å². The summed E-state index contributed by atoms with van der Waals surface area (Å²) < 4.78 is 0. The van der Waals surface area contributed by atoms with Crippen LogP contribution in [0.2, 0.25) is 0 Å². The summed E-state index contributed by atoms with van der Waals surface area (Å²) >= 11 is 0. The van der Waals surface area contributed by atoms with Gasteiger partial charge in [0.05, 0.1) is 5.69 Å². The Kier molecular flexibility index (Phi) is 10.5. The number of pyridine rings is 1. The van der Waals surface area contributed by atoms with Crippen LogP contribution in [-0.2, 0) is 6.42 Å². The van der Waals surface area contributed by atoms with E-state index in [9.17, 15) is 0 Å². The predicted molar refractivity (Wildman–Crippen MR) is 158 cm³/mol. The van der Waals surface area contributed by atoms with Gasteiger partial charge in [-0.05, 0) is 67.7 Å². The van der Waals surface area contributed by atoms with Crippen LogP contribution >= 0.6 is 0 Å². The molecule has 0 spiro atoms. The van der Waals surface area contributed by atoms with E-state index in [1.165, 1.54) is 54.5 Å². The number of hydrogen-bond donors (Lipinski definition) is 1. The Balaban J connectivity index is 1.86. The molecule has 0 amide bonds. The maximum atomic E-state index is 6.27. The fourth-order valence-electron chi connectivity index (χ4n) is 4.65. The molecular formula is C32H44N4. The molecule has 1 saturated heterocycles. The molecule has 0 bridgehead atoms. The summed E-state index contributed by atoms with van der Waals surface area (Å²) in [4.78, 5) is 12.1. The average molecular weight is 485 g/mol. The van der Waals surface area contributed by atoms with Crippen molar-refractivity contribution in [1.29, 1.82) is 0 Å². The average Bonchev–Trinajstić information content (AvgIpc) is 3.34. The van der Waals surface area contributed by atoms with Gasteiger partial charge in [0.15, 0.2) is 5.82 Å². The highest BCUT2D eigenvalue weighted by Crippen LogP contribution is 2.38. The predicted octanol–water partition coefficient (Wildman–Crippen LogP) is 8.02. The highest BCUT2D eigenvalue weighted by Gasteiger charge is 2.24. The third-order valence-electron chi connectivity index (χ3n) is 7.25. The van der Waals surface area contributed by atoms with Crippen LogP contribution in [0, 0.1) is 5.92 Å². The number of nitrogens with two attached hydrogens (primary N) is 1. The van der Waals surface area contributed by atoms with E-state index in [-0.39, 0.29) is 0 Å². The van der Waals surface area contributed by atoms with E-state index in [1.807, 2.05) is 18.2 Å². The zero-order valence-corrected chi connectivity index (χ0v) is 22.6. The van der Waals surface area contributed by atoms with Gasteiger partial charge >= 0.3 is 0 Å². The Bertz CT molecular complexity index is 1080. The van der Waals surface area contributed by atoms with Crippen molar-refractivity contribution in [1.82, 2.24) is 4.98 Å². The first-order valence-corrected chi connectivity index (χ1v) is 13.6. The Labute approximate surface area is 218 Å². The van der Waals surface area contributed by atoms with Gasteiger partial charge in [-0.2, -0.15) is 0 Å². The maximum absolute atomic E-state index is 6.27. The second-order valence-corrected chi connectivity index (χ2v) is 9.98. The van der Waals surface area contributed by atoms with E-state index in [1.54, 1.807) is 12.3 Å². The molecule has 2 N–H and O–H groups in total.